The first kappa shape index (κ1) is 24.3. The standard InChI is InChI=1S/C20H36BrN3O2SSi/c1-17(2,3)27(25)24-20(16-22-10-15(21)11-23-16)12-19(7,13-20)14-26-28(8,9)18(4,5)6/h10-11,24H,12-14H2,1-9H3. The van der Waals surface area contributed by atoms with E-state index in [1.54, 1.807) is 12.4 Å². The second-order valence-electron chi connectivity index (χ2n) is 11.0. The zero-order valence-electron chi connectivity index (χ0n) is 18.8. The van der Waals surface area contributed by atoms with E-state index in [1.807, 2.05) is 20.8 Å². The van der Waals surface area contributed by atoms with E-state index < -0.39 is 25.2 Å². The van der Waals surface area contributed by atoms with Gasteiger partial charge in [-0.25, -0.2) is 9.97 Å². The van der Waals surface area contributed by atoms with Crippen LogP contribution < -0.4 is 4.72 Å². The van der Waals surface area contributed by atoms with Crippen molar-refractivity contribution in [3.8, 4) is 0 Å². The first-order chi connectivity index (χ1) is 12.5. The summed E-state index contributed by atoms with van der Waals surface area (Å²) < 4.78 is 23.3. The molecule has 1 aromatic heterocycles. The van der Waals surface area contributed by atoms with E-state index in [0.29, 0.717) is 12.4 Å². The lowest BCUT2D eigenvalue weighted by molar-refractivity contribution is -0.0199. The largest absolute Gasteiger partial charge is 0.598 e. The van der Waals surface area contributed by atoms with Gasteiger partial charge in [-0.1, -0.05) is 27.7 Å². The first-order valence-electron chi connectivity index (χ1n) is 9.82. The summed E-state index contributed by atoms with van der Waals surface area (Å²) in [6, 6.07) is 0. The topological polar surface area (TPSA) is 70.1 Å². The van der Waals surface area contributed by atoms with E-state index in [4.69, 9.17) is 4.43 Å². The Morgan fingerprint density at radius 2 is 1.68 bits per heavy atom. The number of halogens is 1. The van der Waals surface area contributed by atoms with Gasteiger partial charge in [0.2, 0.25) is 0 Å². The van der Waals surface area contributed by atoms with Crippen LogP contribution in [0.1, 0.15) is 67.1 Å². The van der Waals surface area contributed by atoms with Gasteiger partial charge in [0.05, 0.1) is 4.47 Å². The summed E-state index contributed by atoms with van der Waals surface area (Å²) in [7, 11) is -1.81. The highest BCUT2D eigenvalue weighted by Gasteiger charge is 2.58. The zero-order chi connectivity index (χ0) is 21.6. The second-order valence-corrected chi connectivity index (χ2v) is 18.7. The fraction of sp³-hybridized carbons (Fsp3) is 0.800. The molecule has 0 aliphatic heterocycles. The molecule has 0 spiro atoms. The van der Waals surface area contributed by atoms with E-state index in [-0.39, 0.29) is 15.2 Å². The average molecular weight is 491 g/mol. The van der Waals surface area contributed by atoms with Crippen LogP contribution >= 0.6 is 15.9 Å². The third kappa shape index (κ3) is 5.37. The van der Waals surface area contributed by atoms with Crippen molar-refractivity contribution in [1.82, 2.24) is 14.7 Å². The van der Waals surface area contributed by atoms with Gasteiger partial charge < -0.3 is 8.98 Å². The number of aromatic nitrogens is 2. The number of nitrogens with one attached hydrogen (secondary N) is 1. The predicted molar refractivity (Wildman–Crippen MR) is 123 cm³/mol. The molecule has 1 fully saturated rings. The number of hydrogen-bond donors (Lipinski definition) is 1. The molecule has 1 N–H and O–H groups in total. The van der Waals surface area contributed by atoms with Crippen molar-refractivity contribution in [3.05, 3.63) is 22.7 Å². The molecule has 28 heavy (non-hydrogen) atoms. The zero-order valence-corrected chi connectivity index (χ0v) is 22.2. The Bertz CT molecular complexity index is 680. The Hall–Kier alpha value is 0.00688. The van der Waals surface area contributed by atoms with Gasteiger partial charge in [-0.2, -0.15) is 0 Å². The molecule has 1 aliphatic carbocycles. The minimum absolute atomic E-state index is 0.0149. The van der Waals surface area contributed by atoms with Crippen LogP contribution in [-0.2, 0) is 21.3 Å². The molecular formula is C20H36BrN3O2SSi. The molecule has 1 atom stereocenters. The van der Waals surface area contributed by atoms with E-state index >= 15 is 0 Å². The lowest BCUT2D eigenvalue weighted by Gasteiger charge is -2.54. The van der Waals surface area contributed by atoms with Crippen LogP contribution in [0.3, 0.4) is 0 Å². The van der Waals surface area contributed by atoms with Crippen LogP contribution in [0.5, 0.6) is 0 Å². The highest BCUT2D eigenvalue weighted by molar-refractivity contribution is 9.10. The molecule has 2 rings (SSSR count). The molecule has 0 saturated heterocycles. The van der Waals surface area contributed by atoms with Crippen LogP contribution in [0.4, 0.5) is 0 Å². The monoisotopic (exact) mass is 489 g/mol. The van der Waals surface area contributed by atoms with Gasteiger partial charge in [0.1, 0.15) is 10.3 Å². The van der Waals surface area contributed by atoms with Gasteiger partial charge in [0.25, 0.3) is 0 Å². The summed E-state index contributed by atoms with van der Waals surface area (Å²) >= 11 is 2.20. The molecule has 1 heterocycles. The summed E-state index contributed by atoms with van der Waals surface area (Å²) in [5, 5.41) is 0.186. The summed E-state index contributed by atoms with van der Waals surface area (Å²) in [4.78, 5) is 9.07. The van der Waals surface area contributed by atoms with Crippen LogP contribution in [0, 0.1) is 5.41 Å². The Labute approximate surface area is 183 Å². The van der Waals surface area contributed by atoms with Gasteiger partial charge in [-0.3, -0.25) is 0 Å². The maximum Gasteiger partial charge on any atom is 0.192 e. The predicted octanol–water partition coefficient (Wildman–Crippen LogP) is 5.31. The van der Waals surface area contributed by atoms with E-state index in [9.17, 15) is 4.55 Å². The van der Waals surface area contributed by atoms with Crippen molar-refractivity contribution in [2.45, 2.75) is 89.7 Å². The number of hydrogen-bond acceptors (Lipinski definition) is 5. The van der Waals surface area contributed by atoms with Gasteiger partial charge in [-0.05, 0) is 73.1 Å². The molecule has 1 aliphatic rings. The molecule has 0 aromatic carbocycles. The van der Waals surface area contributed by atoms with Crippen molar-refractivity contribution in [2.24, 2.45) is 5.41 Å². The SMILES string of the molecule is CC1(CO[Si](C)(C)C(C)(C)C)CC(N[S+]([O-])C(C)(C)C)(c2ncc(Br)cn2)C1. The van der Waals surface area contributed by atoms with Crippen LogP contribution in [0.15, 0.2) is 16.9 Å². The fourth-order valence-electron chi connectivity index (χ4n) is 3.24. The third-order valence-electron chi connectivity index (χ3n) is 5.94. The van der Waals surface area contributed by atoms with E-state index in [2.05, 4.69) is 71.4 Å². The summed E-state index contributed by atoms with van der Waals surface area (Å²) in [5.41, 5.74) is -0.467. The Morgan fingerprint density at radius 3 is 2.11 bits per heavy atom. The fourth-order valence-corrected chi connectivity index (χ4v) is 5.49. The Balaban J connectivity index is 2.19. The molecule has 1 saturated carbocycles. The van der Waals surface area contributed by atoms with E-state index in [0.717, 1.165) is 17.3 Å². The Kier molecular flexibility index (Phi) is 6.87. The first-order valence-corrected chi connectivity index (χ1v) is 14.7. The summed E-state index contributed by atoms with van der Waals surface area (Å²) in [5.74, 6) is 0.707. The normalized spacial score (nSPS) is 27.4. The van der Waals surface area contributed by atoms with Gasteiger partial charge >= 0.3 is 0 Å². The maximum absolute atomic E-state index is 12.9. The number of rotatable bonds is 6. The minimum atomic E-state index is -1.81. The quantitative estimate of drug-likeness (QED) is 0.432. The van der Waals surface area contributed by atoms with Crippen LogP contribution in [0.2, 0.25) is 18.1 Å². The molecule has 0 amide bonds. The molecule has 8 heteroatoms. The van der Waals surface area contributed by atoms with Crippen molar-refractivity contribution >= 4 is 35.6 Å². The van der Waals surface area contributed by atoms with Crippen molar-refractivity contribution < 1.29 is 8.98 Å². The molecule has 0 radical (unpaired) electrons. The average Bonchev–Trinajstić information content (AvgIpc) is 2.50. The summed E-state index contributed by atoms with van der Waals surface area (Å²) in [6.07, 6.45) is 5.12. The highest BCUT2D eigenvalue weighted by Crippen LogP contribution is 2.54. The lowest BCUT2D eigenvalue weighted by atomic mass is 9.58. The maximum atomic E-state index is 12.9. The molecule has 0 bridgehead atoms. The highest BCUT2D eigenvalue weighted by atomic mass is 79.9. The van der Waals surface area contributed by atoms with Gasteiger partial charge in [0, 0.05) is 30.4 Å². The number of nitrogens with zero attached hydrogens (tertiary/aromatic N) is 2. The van der Waals surface area contributed by atoms with E-state index in [1.165, 1.54) is 0 Å². The minimum Gasteiger partial charge on any atom is -0.598 e. The molecular weight excluding hydrogens is 454 g/mol. The van der Waals surface area contributed by atoms with Crippen molar-refractivity contribution in [2.75, 3.05) is 6.61 Å². The summed E-state index contributed by atoms with van der Waals surface area (Å²) in [6.45, 7) is 20.2. The molecule has 5 nitrogen and oxygen atoms in total. The van der Waals surface area contributed by atoms with Crippen LogP contribution in [-0.4, -0.2) is 34.2 Å². The molecule has 160 valence electrons. The second kappa shape index (κ2) is 7.93. The smallest absolute Gasteiger partial charge is 0.192 e. The molecule has 1 unspecified atom stereocenters. The van der Waals surface area contributed by atoms with Crippen molar-refractivity contribution in [3.63, 3.8) is 0 Å². The lowest BCUT2D eigenvalue weighted by Crippen LogP contribution is -2.63. The van der Waals surface area contributed by atoms with Gasteiger partial charge in [-0.15, -0.1) is 4.72 Å². The molecule has 1 aromatic rings. The van der Waals surface area contributed by atoms with Crippen molar-refractivity contribution in [1.29, 1.82) is 0 Å². The Morgan fingerprint density at radius 1 is 1.18 bits per heavy atom. The van der Waals surface area contributed by atoms with Gasteiger partial charge in [0.15, 0.2) is 14.1 Å². The van der Waals surface area contributed by atoms with Crippen LogP contribution in [0.25, 0.3) is 0 Å². The third-order valence-corrected chi connectivity index (χ3v) is 12.5.